The van der Waals surface area contributed by atoms with Crippen LogP contribution in [0.2, 0.25) is 0 Å². The molecule has 0 saturated carbocycles. The smallest absolute Gasteiger partial charge is 0.282 e. The minimum Gasteiger partial charge on any atom is -0.490 e. The van der Waals surface area contributed by atoms with Gasteiger partial charge in [-0.05, 0) is 55.7 Å². The first-order valence-corrected chi connectivity index (χ1v) is 12.0. The van der Waals surface area contributed by atoms with Gasteiger partial charge in [-0.3, -0.25) is 4.79 Å². The Morgan fingerprint density at radius 1 is 1.26 bits per heavy atom. The average molecular weight is 522 g/mol. The van der Waals surface area contributed by atoms with Crippen molar-refractivity contribution < 1.29 is 9.47 Å². The van der Waals surface area contributed by atoms with E-state index in [0.717, 1.165) is 28.4 Å². The number of hydrogen-bond acceptors (Lipinski definition) is 5. The SMILES string of the molecule is C#CCOc1c(CC=C)cc(C=Nn2c(CCCC)nc3ccc(Br)cc3c2=O)cc1OCC. The zero-order chi connectivity index (χ0) is 24.5. The fourth-order valence-electron chi connectivity index (χ4n) is 3.54. The van der Waals surface area contributed by atoms with E-state index < -0.39 is 0 Å². The molecule has 2 aromatic carbocycles. The maximum Gasteiger partial charge on any atom is 0.282 e. The molecule has 0 N–H and O–H groups in total. The van der Waals surface area contributed by atoms with Gasteiger partial charge in [0, 0.05) is 16.5 Å². The fourth-order valence-corrected chi connectivity index (χ4v) is 3.90. The highest BCUT2D eigenvalue weighted by Crippen LogP contribution is 2.33. The summed E-state index contributed by atoms with van der Waals surface area (Å²) in [5.41, 5.74) is 2.08. The molecule has 3 aromatic rings. The van der Waals surface area contributed by atoms with E-state index in [1.54, 1.807) is 18.4 Å². The molecular weight excluding hydrogens is 494 g/mol. The van der Waals surface area contributed by atoms with Crippen LogP contribution in [-0.4, -0.2) is 29.1 Å². The molecule has 0 amide bonds. The summed E-state index contributed by atoms with van der Waals surface area (Å²) < 4.78 is 13.8. The summed E-state index contributed by atoms with van der Waals surface area (Å²) in [6, 6.07) is 9.25. The van der Waals surface area contributed by atoms with Crippen molar-refractivity contribution in [3.05, 3.63) is 74.8 Å². The fraction of sp³-hybridized carbons (Fsp3) is 0.296. The third-order valence-electron chi connectivity index (χ3n) is 5.07. The molecule has 0 atom stereocenters. The van der Waals surface area contributed by atoms with Crippen molar-refractivity contribution in [2.75, 3.05) is 13.2 Å². The molecular formula is C27H28BrN3O3. The molecule has 0 spiro atoms. The van der Waals surface area contributed by atoms with Gasteiger partial charge >= 0.3 is 0 Å². The third kappa shape index (κ3) is 5.95. The molecule has 0 aliphatic rings. The van der Waals surface area contributed by atoms with Crippen LogP contribution in [0.25, 0.3) is 10.9 Å². The lowest BCUT2D eigenvalue weighted by atomic mass is 10.1. The lowest BCUT2D eigenvalue weighted by Gasteiger charge is -2.15. The maximum absolute atomic E-state index is 13.3. The maximum atomic E-state index is 13.3. The van der Waals surface area contributed by atoms with Gasteiger partial charge in [0.2, 0.25) is 0 Å². The number of halogens is 1. The van der Waals surface area contributed by atoms with E-state index in [0.29, 0.717) is 47.7 Å². The first-order chi connectivity index (χ1) is 16.5. The van der Waals surface area contributed by atoms with Crippen molar-refractivity contribution in [3.8, 4) is 23.8 Å². The van der Waals surface area contributed by atoms with Crippen molar-refractivity contribution in [1.29, 1.82) is 0 Å². The van der Waals surface area contributed by atoms with E-state index in [9.17, 15) is 4.79 Å². The average Bonchev–Trinajstić information content (AvgIpc) is 2.82. The highest BCUT2D eigenvalue weighted by Gasteiger charge is 2.14. The lowest BCUT2D eigenvalue weighted by molar-refractivity contribution is 0.297. The Bertz CT molecular complexity index is 1310. The predicted octanol–water partition coefficient (Wildman–Crippen LogP) is 5.52. The van der Waals surface area contributed by atoms with Gasteiger partial charge in [0.05, 0.1) is 23.7 Å². The van der Waals surface area contributed by atoms with Gasteiger partial charge in [-0.2, -0.15) is 9.78 Å². The Hall–Kier alpha value is -3.37. The molecule has 34 heavy (non-hydrogen) atoms. The molecule has 0 aliphatic carbocycles. The molecule has 3 rings (SSSR count). The summed E-state index contributed by atoms with van der Waals surface area (Å²) >= 11 is 3.44. The van der Waals surface area contributed by atoms with Crippen LogP contribution in [0.5, 0.6) is 11.5 Å². The van der Waals surface area contributed by atoms with Crippen molar-refractivity contribution in [2.45, 2.75) is 39.5 Å². The normalized spacial score (nSPS) is 11.0. The number of ether oxygens (including phenoxy) is 2. The van der Waals surface area contributed by atoms with Crippen LogP contribution in [0, 0.1) is 12.3 Å². The van der Waals surface area contributed by atoms with Crippen molar-refractivity contribution in [1.82, 2.24) is 9.66 Å². The van der Waals surface area contributed by atoms with Gasteiger partial charge in [0.1, 0.15) is 12.4 Å². The Balaban J connectivity index is 2.12. The Labute approximate surface area is 208 Å². The number of benzene rings is 2. The topological polar surface area (TPSA) is 65.7 Å². The molecule has 7 heteroatoms. The molecule has 0 aliphatic heterocycles. The van der Waals surface area contributed by atoms with Crippen molar-refractivity contribution in [3.63, 3.8) is 0 Å². The number of terminal acetylenes is 1. The van der Waals surface area contributed by atoms with E-state index in [-0.39, 0.29) is 12.2 Å². The lowest BCUT2D eigenvalue weighted by Crippen LogP contribution is -2.22. The molecule has 1 heterocycles. The quantitative estimate of drug-likeness (QED) is 0.189. The molecule has 0 radical (unpaired) electrons. The summed E-state index contributed by atoms with van der Waals surface area (Å²) in [5, 5.41) is 5.06. The van der Waals surface area contributed by atoms with E-state index in [2.05, 4.69) is 40.5 Å². The first kappa shape index (κ1) is 25.3. The van der Waals surface area contributed by atoms with Crippen LogP contribution in [-0.2, 0) is 12.8 Å². The minimum atomic E-state index is -0.209. The number of aryl methyl sites for hydroxylation is 1. The standard InChI is InChI=1S/C27H28BrN3O3/c1-5-9-11-25-30-23-13-12-21(28)17-22(23)27(32)31(25)29-18-19-15-20(10-6-2)26(34-14-7-3)24(16-19)33-8-4/h3,6,12-13,15-18H,2,5,8-11,14H2,1,4H3. The van der Waals surface area contributed by atoms with Crippen molar-refractivity contribution in [2.24, 2.45) is 5.10 Å². The molecule has 1 aromatic heterocycles. The second kappa shape index (κ2) is 12.2. The Morgan fingerprint density at radius 2 is 2.09 bits per heavy atom. The summed E-state index contributed by atoms with van der Waals surface area (Å²) in [5.74, 6) is 4.27. The van der Waals surface area contributed by atoms with Crippen LogP contribution < -0.4 is 15.0 Å². The van der Waals surface area contributed by atoms with Gasteiger partial charge in [0.15, 0.2) is 11.5 Å². The Kier molecular flexibility index (Phi) is 9.06. The molecule has 0 saturated heterocycles. The molecule has 0 unspecified atom stereocenters. The van der Waals surface area contributed by atoms with Crippen LogP contribution in [0.1, 0.15) is 43.6 Å². The third-order valence-corrected chi connectivity index (χ3v) is 5.56. The van der Waals surface area contributed by atoms with Crippen LogP contribution in [0.4, 0.5) is 0 Å². The minimum absolute atomic E-state index is 0.131. The number of aromatic nitrogens is 2. The summed E-state index contributed by atoms with van der Waals surface area (Å²) in [6.45, 7) is 8.43. The zero-order valence-electron chi connectivity index (χ0n) is 19.5. The van der Waals surface area contributed by atoms with Gasteiger partial charge in [0.25, 0.3) is 5.56 Å². The van der Waals surface area contributed by atoms with E-state index >= 15 is 0 Å². The van der Waals surface area contributed by atoms with Gasteiger partial charge in [-0.1, -0.05) is 41.3 Å². The molecule has 6 nitrogen and oxygen atoms in total. The van der Waals surface area contributed by atoms with Crippen molar-refractivity contribution >= 4 is 33.0 Å². The Morgan fingerprint density at radius 3 is 2.79 bits per heavy atom. The zero-order valence-corrected chi connectivity index (χ0v) is 21.1. The monoisotopic (exact) mass is 521 g/mol. The van der Waals surface area contributed by atoms with Crippen LogP contribution in [0.3, 0.4) is 0 Å². The summed E-state index contributed by atoms with van der Waals surface area (Å²) in [6.07, 6.45) is 11.9. The van der Waals surface area contributed by atoms with Gasteiger partial charge in [-0.15, -0.1) is 13.0 Å². The van der Waals surface area contributed by atoms with Crippen LogP contribution in [0.15, 0.2) is 57.4 Å². The van der Waals surface area contributed by atoms with Gasteiger partial charge < -0.3 is 9.47 Å². The van der Waals surface area contributed by atoms with E-state index in [1.165, 1.54) is 4.68 Å². The largest absolute Gasteiger partial charge is 0.490 e. The van der Waals surface area contributed by atoms with Gasteiger partial charge in [-0.25, -0.2) is 4.98 Å². The molecule has 0 fully saturated rings. The van der Waals surface area contributed by atoms with E-state index in [1.807, 2.05) is 31.2 Å². The van der Waals surface area contributed by atoms with Crippen LogP contribution >= 0.6 is 15.9 Å². The first-order valence-electron chi connectivity index (χ1n) is 11.2. The number of hydrogen-bond donors (Lipinski definition) is 0. The number of allylic oxidation sites excluding steroid dienone is 1. The second-order valence-electron chi connectivity index (χ2n) is 7.58. The number of nitrogens with zero attached hydrogens (tertiary/aromatic N) is 3. The molecule has 0 bridgehead atoms. The number of fused-ring (bicyclic) bond motifs is 1. The summed E-state index contributed by atoms with van der Waals surface area (Å²) in [7, 11) is 0. The number of unbranched alkanes of at least 4 members (excludes halogenated alkanes) is 1. The highest BCUT2D eigenvalue weighted by molar-refractivity contribution is 9.10. The highest BCUT2D eigenvalue weighted by atomic mass is 79.9. The predicted molar refractivity (Wildman–Crippen MR) is 141 cm³/mol. The second-order valence-corrected chi connectivity index (χ2v) is 8.50. The van der Waals surface area contributed by atoms with E-state index in [4.69, 9.17) is 20.9 Å². The number of rotatable bonds is 11. The molecule has 176 valence electrons. The summed E-state index contributed by atoms with van der Waals surface area (Å²) in [4.78, 5) is 18.0.